The van der Waals surface area contributed by atoms with Gasteiger partial charge >= 0.3 is 5.97 Å². The Balaban J connectivity index is 3.32. The largest absolute Gasteiger partial charge is 0.466 e. The average molecular weight is 1110 g/mol. The summed E-state index contributed by atoms with van der Waals surface area (Å²) >= 11 is 0. The highest BCUT2D eigenvalue weighted by atomic mass is 16.5. The summed E-state index contributed by atoms with van der Waals surface area (Å²) in [6.07, 6.45) is 86.0. The van der Waals surface area contributed by atoms with Crippen molar-refractivity contribution in [3.63, 3.8) is 0 Å². The van der Waals surface area contributed by atoms with Gasteiger partial charge in [-0.15, -0.1) is 0 Å². The first kappa shape index (κ1) is 77.6. The summed E-state index contributed by atoms with van der Waals surface area (Å²) < 4.78 is 5.48. The SMILES string of the molecule is CCCCCCCCCCCCCCCC/C=C/C(O)C(CO)NC(=O)CCCCCCCCCCCCCCCCCCCCCCCCCCCCCCCCCCCCCOC(=O)CCCCCCCCCCCCC. The van der Waals surface area contributed by atoms with Crippen LogP contribution in [0.5, 0.6) is 0 Å². The lowest BCUT2D eigenvalue weighted by atomic mass is 10.0. The first-order valence-electron chi connectivity index (χ1n) is 36.5. The number of esters is 1. The molecule has 2 unspecified atom stereocenters. The van der Waals surface area contributed by atoms with E-state index in [1.165, 1.54) is 353 Å². The van der Waals surface area contributed by atoms with Crippen LogP contribution in [-0.4, -0.2) is 47.4 Å². The maximum Gasteiger partial charge on any atom is 0.305 e. The van der Waals surface area contributed by atoms with E-state index in [0.717, 1.165) is 38.5 Å². The third-order valence-electron chi connectivity index (χ3n) is 17.3. The number of unbranched alkanes of at least 4 members (excludes halogenated alkanes) is 58. The third-order valence-corrected chi connectivity index (χ3v) is 17.3. The molecule has 79 heavy (non-hydrogen) atoms. The fourth-order valence-corrected chi connectivity index (χ4v) is 11.8. The molecule has 0 aliphatic rings. The fourth-order valence-electron chi connectivity index (χ4n) is 11.8. The van der Waals surface area contributed by atoms with E-state index in [2.05, 4.69) is 19.2 Å². The number of aliphatic hydroxyl groups is 2. The van der Waals surface area contributed by atoms with Gasteiger partial charge in [0.25, 0.3) is 0 Å². The van der Waals surface area contributed by atoms with E-state index in [0.29, 0.717) is 19.4 Å². The minimum absolute atomic E-state index is 0.0228. The quantitative estimate of drug-likeness (QED) is 0.0320. The van der Waals surface area contributed by atoms with Crippen LogP contribution in [0.25, 0.3) is 0 Å². The number of hydrogen-bond donors (Lipinski definition) is 3. The Morgan fingerprint density at radius 2 is 0.582 bits per heavy atom. The molecule has 6 nitrogen and oxygen atoms in total. The molecule has 0 saturated heterocycles. The number of allylic oxidation sites excluding steroid dienone is 1. The molecule has 0 fully saturated rings. The molecule has 0 aromatic carbocycles. The van der Waals surface area contributed by atoms with Crippen molar-refractivity contribution in [3.05, 3.63) is 12.2 Å². The van der Waals surface area contributed by atoms with Crippen molar-refractivity contribution < 1.29 is 24.5 Å². The molecule has 0 aliphatic heterocycles. The number of hydrogen-bond acceptors (Lipinski definition) is 5. The highest BCUT2D eigenvalue weighted by molar-refractivity contribution is 5.76. The van der Waals surface area contributed by atoms with E-state index in [1.54, 1.807) is 6.08 Å². The highest BCUT2D eigenvalue weighted by Gasteiger charge is 2.18. The van der Waals surface area contributed by atoms with Gasteiger partial charge in [0, 0.05) is 12.8 Å². The van der Waals surface area contributed by atoms with E-state index < -0.39 is 12.1 Å². The van der Waals surface area contributed by atoms with Crippen LogP contribution < -0.4 is 5.32 Å². The van der Waals surface area contributed by atoms with Crippen LogP contribution in [0.4, 0.5) is 0 Å². The Bertz CT molecular complexity index is 1190. The van der Waals surface area contributed by atoms with Crippen LogP contribution in [0.3, 0.4) is 0 Å². The predicted molar refractivity (Wildman–Crippen MR) is 347 cm³/mol. The summed E-state index contributed by atoms with van der Waals surface area (Å²) in [5.41, 5.74) is 0. The van der Waals surface area contributed by atoms with E-state index in [1.807, 2.05) is 6.08 Å². The Labute approximate surface area is 495 Å². The number of amides is 1. The van der Waals surface area contributed by atoms with Crippen molar-refractivity contribution in [1.82, 2.24) is 5.32 Å². The zero-order chi connectivity index (χ0) is 57.1. The second kappa shape index (κ2) is 69.1. The van der Waals surface area contributed by atoms with Gasteiger partial charge in [-0.1, -0.05) is 386 Å². The van der Waals surface area contributed by atoms with Crippen LogP contribution >= 0.6 is 0 Å². The number of carbonyl (C=O) groups excluding carboxylic acids is 2. The smallest absolute Gasteiger partial charge is 0.305 e. The molecule has 0 heterocycles. The predicted octanol–water partition coefficient (Wildman–Crippen LogP) is 23.5. The van der Waals surface area contributed by atoms with Gasteiger partial charge in [0.05, 0.1) is 25.4 Å². The van der Waals surface area contributed by atoms with Crippen LogP contribution in [0.2, 0.25) is 0 Å². The zero-order valence-corrected chi connectivity index (χ0v) is 53.9. The molecule has 6 heteroatoms. The third kappa shape index (κ3) is 65.6. The molecule has 3 N–H and O–H groups in total. The average Bonchev–Trinajstić information content (AvgIpc) is 3.45. The molecule has 470 valence electrons. The Morgan fingerprint density at radius 1 is 0.342 bits per heavy atom. The van der Waals surface area contributed by atoms with Gasteiger partial charge in [-0.05, 0) is 32.1 Å². The molecule has 0 bridgehead atoms. The van der Waals surface area contributed by atoms with Gasteiger partial charge in [0.1, 0.15) is 0 Å². The molecule has 2 atom stereocenters. The fraction of sp³-hybridized carbons (Fsp3) is 0.945. The van der Waals surface area contributed by atoms with Crippen LogP contribution in [0.1, 0.15) is 418 Å². The first-order valence-corrected chi connectivity index (χ1v) is 36.5. The molecule has 0 saturated carbocycles. The van der Waals surface area contributed by atoms with Gasteiger partial charge in [0.15, 0.2) is 0 Å². The molecule has 0 rings (SSSR count). The second-order valence-electron chi connectivity index (χ2n) is 25.3. The summed E-state index contributed by atoms with van der Waals surface area (Å²) in [5, 5.41) is 23.2. The van der Waals surface area contributed by atoms with Crippen LogP contribution in [0.15, 0.2) is 12.2 Å². The number of ether oxygens (including phenoxy) is 1. The number of nitrogens with one attached hydrogen (secondary N) is 1. The Morgan fingerprint density at radius 3 is 0.861 bits per heavy atom. The summed E-state index contributed by atoms with van der Waals surface area (Å²) in [5.74, 6) is -0.0364. The topological polar surface area (TPSA) is 95.9 Å². The minimum Gasteiger partial charge on any atom is -0.466 e. The number of aliphatic hydroxyl groups excluding tert-OH is 2. The Kier molecular flexibility index (Phi) is 67.9. The zero-order valence-electron chi connectivity index (χ0n) is 53.9. The molecule has 0 radical (unpaired) electrons. The van der Waals surface area contributed by atoms with Crippen molar-refractivity contribution >= 4 is 11.9 Å². The molecule has 0 aromatic heterocycles. The normalized spacial score (nSPS) is 12.5. The van der Waals surface area contributed by atoms with E-state index >= 15 is 0 Å². The van der Waals surface area contributed by atoms with Crippen molar-refractivity contribution in [2.45, 2.75) is 431 Å². The van der Waals surface area contributed by atoms with Gasteiger partial charge in [-0.3, -0.25) is 9.59 Å². The summed E-state index contributed by atoms with van der Waals surface area (Å²) in [4.78, 5) is 24.5. The van der Waals surface area contributed by atoms with Gasteiger partial charge in [0.2, 0.25) is 5.91 Å². The summed E-state index contributed by atoms with van der Waals surface area (Å²) in [6.45, 7) is 4.94. The number of carbonyl (C=O) groups is 2. The molecule has 0 aliphatic carbocycles. The summed E-state index contributed by atoms with van der Waals surface area (Å²) in [7, 11) is 0. The molecule has 0 aromatic rings. The van der Waals surface area contributed by atoms with Crippen molar-refractivity contribution in [1.29, 1.82) is 0 Å². The van der Waals surface area contributed by atoms with E-state index in [4.69, 9.17) is 4.74 Å². The molecular formula is C73H143NO5. The standard InChI is InChI=1S/C73H143NO5/c1-3-5-7-9-11-13-15-16-17-39-42-46-49-53-57-61-65-71(76)70(69-75)74-72(77)66-62-58-54-50-47-43-40-37-35-33-31-29-27-25-23-21-19-18-20-22-24-26-28-30-32-34-36-38-41-44-48-52-56-60-64-68-79-73(78)67-63-59-55-51-45-14-12-10-8-6-4-2/h61,65,70-71,75-76H,3-60,62-64,66-69H2,1-2H3,(H,74,77)/b65-61+. The van der Waals surface area contributed by atoms with Crippen molar-refractivity contribution in [3.8, 4) is 0 Å². The maximum absolute atomic E-state index is 12.5. The molecule has 1 amide bonds. The van der Waals surface area contributed by atoms with Crippen LogP contribution in [-0.2, 0) is 14.3 Å². The monoisotopic (exact) mass is 1110 g/mol. The van der Waals surface area contributed by atoms with Crippen molar-refractivity contribution in [2.75, 3.05) is 13.2 Å². The first-order chi connectivity index (χ1) is 39.0. The van der Waals surface area contributed by atoms with Crippen molar-refractivity contribution in [2.24, 2.45) is 0 Å². The molecular weight excluding hydrogens is 971 g/mol. The number of rotatable bonds is 69. The van der Waals surface area contributed by atoms with Gasteiger partial charge in [-0.25, -0.2) is 0 Å². The lowest BCUT2D eigenvalue weighted by Gasteiger charge is -2.20. The highest BCUT2D eigenvalue weighted by Crippen LogP contribution is 2.20. The second-order valence-corrected chi connectivity index (χ2v) is 25.3. The van der Waals surface area contributed by atoms with Gasteiger partial charge < -0.3 is 20.3 Å². The Hall–Kier alpha value is -1.40. The summed E-state index contributed by atoms with van der Waals surface area (Å²) in [6, 6.07) is -0.623. The lowest BCUT2D eigenvalue weighted by Crippen LogP contribution is -2.45. The minimum atomic E-state index is -0.840. The lowest BCUT2D eigenvalue weighted by molar-refractivity contribution is -0.143. The van der Waals surface area contributed by atoms with E-state index in [9.17, 15) is 19.8 Å². The van der Waals surface area contributed by atoms with Gasteiger partial charge in [-0.2, -0.15) is 0 Å². The molecule has 0 spiro atoms. The van der Waals surface area contributed by atoms with E-state index in [-0.39, 0.29) is 18.5 Å². The van der Waals surface area contributed by atoms with Crippen LogP contribution in [0, 0.1) is 0 Å². The maximum atomic E-state index is 12.5.